The average Bonchev–Trinajstić information content (AvgIpc) is 2.71. The molecule has 0 aromatic rings. The van der Waals surface area contributed by atoms with Crippen LogP contribution in [-0.2, 0) is 4.79 Å². The van der Waals surface area contributed by atoms with Gasteiger partial charge in [0, 0.05) is 5.41 Å². The Morgan fingerprint density at radius 3 is 2.25 bits per heavy atom. The summed E-state index contributed by atoms with van der Waals surface area (Å²) in [5.41, 5.74) is 2.69. The molecule has 5 rings (SSSR count). The van der Waals surface area contributed by atoms with Crippen LogP contribution in [0.1, 0.15) is 113 Å². The lowest BCUT2D eigenvalue weighted by molar-refractivity contribution is -0.202. The predicted octanol–water partition coefficient (Wildman–Crippen LogP) is 7.35. The van der Waals surface area contributed by atoms with Gasteiger partial charge in [0.05, 0.1) is 6.10 Å². The van der Waals surface area contributed by atoms with E-state index in [9.17, 15) is 9.90 Å². The lowest BCUT2D eigenvalue weighted by Gasteiger charge is -2.71. The summed E-state index contributed by atoms with van der Waals surface area (Å²) >= 11 is 0. The van der Waals surface area contributed by atoms with Gasteiger partial charge in [0.15, 0.2) is 0 Å². The Morgan fingerprint density at radius 2 is 1.56 bits per heavy atom. The first-order valence-corrected chi connectivity index (χ1v) is 13.6. The molecule has 0 aromatic heterocycles. The molecule has 4 fully saturated rings. The van der Waals surface area contributed by atoms with Crippen LogP contribution in [-0.4, -0.2) is 17.5 Å². The molecule has 4 saturated carbocycles. The van der Waals surface area contributed by atoms with Crippen LogP contribution in [0, 0.1) is 50.2 Å². The van der Waals surface area contributed by atoms with Crippen molar-refractivity contribution >= 4 is 6.29 Å². The van der Waals surface area contributed by atoms with Gasteiger partial charge < -0.3 is 9.90 Å². The van der Waals surface area contributed by atoms with Crippen LogP contribution < -0.4 is 0 Å². The molecular formula is C30H48O2. The van der Waals surface area contributed by atoms with E-state index in [1.165, 1.54) is 44.8 Å². The third kappa shape index (κ3) is 2.71. The first-order valence-electron chi connectivity index (χ1n) is 13.6. The van der Waals surface area contributed by atoms with Crippen LogP contribution in [0.25, 0.3) is 0 Å². The zero-order valence-electron chi connectivity index (χ0n) is 21.9. The Bertz CT molecular complexity index is 838. The minimum atomic E-state index is -0.164. The van der Waals surface area contributed by atoms with Crippen molar-refractivity contribution in [2.24, 2.45) is 50.2 Å². The number of carbonyl (C=O) groups is 1. The normalized spacial score (nSPS) is 53.7. The molecule has 0 saturated heterocycles. The minimum Gasteiger partial charge on any atom is -0.393 e. The van der Waals surface area contributed by atoms with Gasteiger partial charge in [0.2, 0.25) is 0 Å². The van der Waals surface area contributed by atoms with E-state index >= 15 is 0 Å². The number of fused-ring (bicyclic) bond motifs is 7. The van der Waals surface area contributed by atoms with E-state index in [1.807, 2.05) is 0 Å². The number of hydrogen-bond acceptors (Lipinski definition) is 2. The van der Waals surface area contributed by atoms with Gasteiger partial charge in [-0.15, -0.1) is 0 Å². The maximum atomic E-state index is 12.6. The molecule has 0 amide bonds. The fourth-order valence-electron chi connectivity index (χ4n) is 10.5. The predicted molar refractivity (Wildman–Crippen MR) is 131 cm³/mol. The highest BCUT2D eigenvalue weighted by Crippen LogP contribution is 2.75. The van der Waals surface area contributed by atoms with E-state index in [0.29, 0.717) is 28.6 Å². The first kappa shape index (κ1) is 23.1. The number of rotatable bonds is 1. The zero-order chi connectivity index (χ0) is 23.4. The van der Waals surface area contributed by atoms with Gasteiger partial charge in [-0.2, -0.15) is 0 Å². The first-order chi connectivity index (χ1) is 14.8. The van der Waals surface area contributed by atoms with E-state index < -0.39 is 0 Å². The Morgan fingerprint density at radius 1 is 0.875 bits per heavy atom. The quantitative estimate of drug-likeness (QED) is 0.342. The van der Waals surface area contributed by atoms with Crippen molar-refractivity contribution < 1.29 is 9.90 Å². The standard InChI is InChI=1S/C30H48O2/c1-25(2)14-16-30(19-31)17-15-28(6)20(21(30)18-25)8-9-23-27(5)12-11-24(32)26(3,4)22(27)10-13-29(23,28)7/h8,19,21-24,32H,9-18H2,1-7H3/t21-,22+,23-,24-,27-,28+,29+,30+/m0/s1. The van der Waals surface area contributed by atoms with Gasteiger partial charge >= 0.3 is 0 Å². The van der Waals surface area contributed by atoms with Gasteiger partial charge in [0.25, 0.3) is 0 Å². The van der Waals surface area contributed by atoms with Crippen molar-refractivity contribution in [1.82, 2.24) is 0 Å². The molecule has 8 atom stereocenters. The van der Waals surface area contributed by atoms with E-state index in [0.717, 1.165) is 25.7 Å². The highest BCUT2D eigenvalue weighted by Gasteiger charge is 2.68. The Balaban J connectivity index is 1.59. The fraction of sp³-hybridized carbons (Fsp3) is 0.900. The Labute approximate surface area is 197 Å². The molecule has 180 valence electrons. The second-order valence-corrected chi connectivity index (χ2v) is 14.9. The van der Waals surface area contributed by atoms with Crippen LogP contribution in [0.15, 0.2) is 11.6 Å². The summed E-state index contributed by atoms with van der Waals surface area (Å²) in [5, 5.41) is 10.9. The molecule has 2 heteroatoms. The lowest BCUT2D eigenvalue weighted by Crippen LogP contribution is -2.64. The Kier molecular flexibility index (Phi) is 4.87. The second kappa shape index (κ2) is 6.73. The van der Waals surface area contributed by atoms with Crippen molar-refractivity contribution in [2.75, 3.05) is 0 Å². The van der Waals surface area contributed by atoms with E-state index in [-0.39, 0.29) is 27.8 Å². The molecule has 5 aliphatic carbocycles. The zero-order valence-corrected chi connectivity index (χ0v) is 21.9. The third-order valence-electron chi connectivity index (χ3n) is 12.9. The summed E-state index contributed by atoms with van der Waals surface area (Å²) in [5.74, 6) is 1.71. The smallest absolute Gasteiger partial charge is 0.126 e. The topological polar surface area (TPSA) is 37.3 Å². The summed E-state index contributed by atoms with van der Waals surface area (Å²) in [6.07, 6.45) is 15.4. The van der Waals surface area contributed by atoms with Gasteiger partial charge in [-0.05, 0) is 109 Å². The number of hydrogen-bond donors (Lipinski definition) is 1. The third-order valence-corrected chi connectivity index (χ3v) is 12.9. The summed E-state index contributed by atoms with van der Waals surface area (Å²) in [4.78, 5) is 12.6. The highest BCUT2D eigenvalue weighted by molar-refractivity contribution is 5.63. The Hall–Kier alpha value is -0.630. The molecule has 32 heavy (non-hydrogen) atoms. The van der Waals surface area contributed by atoms with E-state index in [4.69, 9.17) is 0 Å². The van der Waals surface area contributed by atoms with E-state index in [2.05, 4.69) is 54.5 Å². The second-order valence-electron chi connectivity index (χ2n) is 14.9. The van der Waals surface area contributed by atoms with Crippen molar-refractivity contribution in [3.05, 3.63) is 11.6 Å². The van der Waals surface area contributed by atoms with Gasteiger partial charge in [-0.3, -0.25) is 0 Å². The highest BCUT2D eigenvalue weighted by atomic mass is 16.3. The molecule has 1 N–H and O–H groups in total. The van der Waals surface area contributed by atoms with Crippen LogP contribution >= 0.6 is 0 Å². The van der Waals surface area contributed by atoms with Crippen LogP contribution in [0.2, 0.25) is 0 Å². The molecule has 0 aliphatic heterocycles. The molecule has 0 aromatic carbocycles. The van der Waals surface area contributed by atoms with Gasteiger partial charge in [0.1, 0.15) is 6.29 Å². The van der Waals surface area contributed by atoms with E-state index in [1.54, 1.807) is 5.57 Å². The number of aliphatic hydroxyl groups excluding tert-OH is 1. The summed E-state index contributed by atoms with van der Waals surface area (Å²) in [7, 11) is 0. The number of aldehydes is 1. The van der Waals surface area contributed by atoms with Crippen molar-refractivity contribution in [1.29, 1.82) is 0 Å². The summed E-state index contributed by atoms with van der Waals surface area (Å²) in [6, 6.07) is 0. The number of carbonyl (C=O) groups excluding carboxylic acids is 1. The minimum absolute atomic E-state index is 0.00581. The number of aliphatic hydroxyl groups is 1. The van der Waals surface area contributed by atoms with Gasteiger partial charge in [-0.1, -0.05) is 60.1 Å². The molecule has 0 heterocycles. The van der Waals surface area contributed by atoms with Crippen LogP contribution in [0.4, 0.5) is 0 Å². The SMILES string of the molecule is CC1(C)CC[C@]2(C=O)CC[C@]3(C)C(=CC[C@H]4[C@@]5(C)CC[C@H](O)C(C)(C)[C@H]5CC[C@]43C)[C@@H]2C1. The lowest BCUT2D eigenvalue weighted by atomic mass is 9.33. The molecule has 0 unspecified atom stereocenters. The molecule has 0 bridgehead atoms. The largest absolute Gasteiger partial charge is 0.393 e. The number of allylic oxidation sites excluding steroid dienone is 2. The fourth-order valence-corrected chi connectivity index (χ4v) is 10.5. The average molecular weight is 441 g/mol. The molecule has 0 radical (unpaired) electrons. The maximum absolute atomic E-state index is 12.6. The molecule has 0 spiro atoms. The van der Waals surface area contributed by atoms with Crippen molar-refractivity contribution in [2.45, 2.75) is 119 Å². The molecule has 2 nitrogen and oxygen atoms in total. The summed E-state index contributed by atoms with van der Waals surface area (Å²) in [6.45, 7) is 17.3. The van der Waals surface area contributed by atoms with Crippen molar-refractivity contribution in [3.63, 3.8) is 0 Å². The molecule has 5 aliphatic rings. The van der Waals surface area contributed by atoms with Gasteiger partial charge in [-0.25, -0.2) is 0 Å². The maximum Gasteiger partial charge on any atom is 0.126 e. The van der Waals surface area contributed by atoms with Crippen LogP contribution in [0.5, 0.6) is 0 Å². The van der Waals surface area contributed by atoms with Crippen molar-refractivity contribution in [3.8, 4) is 0 Å². The molecular weight excluding hydrogens is 392 g/mol. The van der Waals surface area contributed by atoms with Crippen LogP contribution in [0.3, 0.4) is 0 Å². The monoisotopic (exact) mass is 440 g/mol. The summed E-state index contributed by atoms with van der Waals surface area (Å²) < 4.78 is 0.